The summed E-state index contributed by atoms with van der Waals surface area (Å²) in [5, 5.41) is 16.7. The number of fused-ring (bicyclic) bond motifs is 4. The molecule has 0 radical (unpaired) electrons. The van der Waals surface area contributed by atoms with Gasteiger partial charge in [-0.15, -0.1) is 5.10 Å². The largest absolute Gasteiger partial charge is 0.323 e. The summed E-state index contributed by atoms with van der Waals surface area (Å²) in [5.41, 5.74) is 6.14. The highest BCUT2D eigenvalue weighted by Crippen LogP contribution is 2.39. The van der Waals surface area contributed by atoms with E-state index in [4.69, 9.17) is 16.6 Å². The number of nitrogens with zero attached hydrogens (tertiary/aromatic N) is 7. The van der Waals surface area contributed by atoms with Gasteiger partial charge in [0.2, 0.25) is 5.91 Å². The molecule has 2 aromatic carbocycles. The number of aryl methyl sites for hydroxylation is 1. The number of carbonyl (C=O) groups excluding carboxylic acids is 1. The van der Waals surface area contributed by atoms with E-state index in [1.165, 1.54) is 0 Å². The number of benzene rings is 2. The van der Waals surface area contributed by atoms with Crippen LogP contribution in [-0.2, 0) is 11.8 Å². The first-order valence-corrected chi connectivity index (χ1v) is 15.0. The van der Waals surface area contributed by atoms with Crippen molar-refractivity contribution in [1.82, 2.24) is 34.3 Å². The molecule has 0 unspecified atom stereocenters. The minimum absolute atomic E-state index is 0.0420. The summed E-state index contributed by atoms with van der Waals surface area (Å²) in [7, 11) is 1.85. The van der Waals surface area contributed by atoms with Crippen LogP contribution in [0.3, 0.4) is 0 Å². The van der Waals surface area contributed by atoms with Crippen molar-refractivity contribution in [2.75, 3.05) is 5.32 Å². The van der Waals surface area contributed by atoms with Crippen LogP contribution in [0.2, 0.25) is 5.02 Å². The van der Waals surface area contributed by atoms with Gasteiger partial charge in [0.1, 0.15) is 0 Å². The molecule has 1 fully saturated rings. The second-order valence-electron chi connectivity index (χ2n) is 11.5. The Kier molecular flexibility index (Phi) is 6.93. The van der Waals surface area contributed by atoms with Gasteiger partial charge in [-0.05, 0) is 55.5 Å². The van der Waals surface area contributed by atoms with Crippen LogP contribution in [0.4, 0.5) is 5.69 Å². The van der Waals surface area contributed by atoms with Crippen LogP contribution in [0, 0.1) is 5.92 Å². The molecule has 7 rings (SSSR count). The van der Waals surface area contributed by atoms with Crippen molar-refractivity contribution in [2.24, 2.45) is 13.0 Å². The fourth-order valence-electron chi connectivity index (χ4n) is 5.90. The highest BCUT2D eigenvalue weighted by molar-refractivity contribution is 6.31. The van der Waals surface area contributed by atoms with Gasteiger partial charge in [0.25, 0.3) is 5.56 Å². The molecule has 2 atom stereocenters. The summed E-state index contributed by atoms with van der Waals surface area (Å²) in [5.74, 6) is 0.236. The highest BCUT2D eigenvalue weighted by Gasteiger charge is 2.27. The predicted octanol–water partition coefficient (Wildman–Crippen LogP) is 5.77. The Hall–Kier alpha value is -4.57. The molecule has 43 heavy (non-hydrogen) atoms. The number of amides is 1. The minimum Gasteiger partial charge on any atom is -0.323 e. The fourth-order valence-corrected chi connectivity index (χ4v) is 6.07. The Morgan fingerprint density at radius 1 is 1.02 bits per heavy atom. The molecule has 2 aliphatic rings. The van der Waals surface area contributed by atoms with E-state index in [1.807, 2.05) is 44.4 Å². The lowest BCUT2D eigenvalue weighted by Crippen LogP contribution is -2.26. The molecule has 1 aliphatic heterocycles. The van der Waals surface area contributed by atoms with Gasteiger partial charge >= 0.3 is 0 Å². The monoisotopic (exact) mass is 594 g/mol. The molecule has 1 amide bonds. The predicted molar refractivity (Wildman–Crippen MR) is 164 cm³/mol. The molecule has 1 N–H and O–H groups in total. The van der Waals surface area contributed by atoms with Gasteiger partial charge in [-0.25, -0.2) is 9.67 Å². The lowest BCUT2D eigenvalue weighted by atomic mass is 9.94. The molecule has 5 aromatic rings. The van der Waals surface area contributed by atoms with E-state index in [0.29, 0.717) is 40.7 Å². The third kappa shape index (κ3) is 5.27. The van der Waals surface area contributed by atoms with Crippen molar-refractivity contribution < 1.29 is 4.79 Å². The van der Waals surface area contributed by atoms with Crippen LogP contribution in [0.15, 0.2) is 72.0 Å². The maximum Gasteiger partial charge on any atom is 0.254 e. The zero-order chi connectivity index (χ0) is 29.7. The van der Waals surface area contributed by atoms with Gasteiger partial charge in [-0.3, -0.25) is 18.8 Å². The van der Waals surface area contributed by atoms with Gasteiger partial charge in [-0.1, -0.05) is 48.4 Å². The third-order valence-corrected chi connectivity index (χ3v) is 8.70. The molecule has 11 heteroatoms. The zero-order valence-corrected chi connectivity index (χ0v) is 24.7. The van der Waals surface area contributed by atoms with E-state index in [-0.39, 0.29) is 23.4 Å². The lowest BCUT2D eigenvalue weighted by Gasteiger charge is -2.23. The van der Waals surface area contributed by atoms with Crippen LogP contribution in [-0.4, -0.2) is 40.2 Å². The van der Waals surface area contributed by atoms with Crippen molar-refractivity contribution in [3.05, 3.63) is 93.9 Å². The smallest absolute Gasteiger partial charge is 0.254 e. The summed E-state index contributed by atoms with van der Waals surface area (Å²) in [6.07, 6.45) is 9.62. The fraction of sp³-hybridized carbons (Fsp3) is 0.312. The van der Waals surface area contributed by atoms with Gasteiger partial charge in [0.15, 0.2) is 0 Å². The van der Waals surface area contributed by atoms with Crippen molar-refractivity contribution in [3.63, 3.8) is 0 Å². The first-order valence-electron chi connectivity index (χ1n) is 14.6. The number of carbonyl (C=O) groups is 1. The van der Waals surface area contributed by atoms with Crippen molar-refractivity contribution in [1.29, 1.82) is 0 Å². The Bertz CT molecular complexity index is 1900. The SMILES string of the molecule is C[C@@H]1CCC[C@H](n2cnc(-c3cc(Cl)ccc3-n3cc(C4CC4)nn3)cc2=O)c2cccc(c2)-c2c(cnn2C)NC1=O. The lowest BCUT2D eigenvalue weighted by molar-refractivity contribution is -0.119. The molecule has 2 bridgehead atoms. The normalized spacial score (nSPS) is 18.8. The topological polar surface area (TPSA) is 113 Å². The van der Waals surface area contributed by atoms with Crippen molar-refractivity contribution >= 4 is 23.2 Å². The van der Waals surface area contributed by atoms with Gasteiger partial charge in [0.05, 0.1) is 53.2 Å². The summed E-state index contributed by atoms with van der Waals surface area (Å²) in [6.45, 7) is 1.93. The average Bonchev–Trinajstić information content (AvgIpc) is 3.62. The van der Waals surface area contributed by atoms with Crippen LogP contribution in [0.5, 0.6) is 0 Å². The molecule has 218 valence electrons. The second kappa shape index (κ2) is 10.9. The summed E-state index contributed by atoms with van der Waals surface area (Å²) < 4.78 is 5.18. The minimum atomic E-state index is -0.268. The molecule has 4 heterocycles. The maximum absolute atomic E-state index is 13.8. The van der Waals surface area contributed by atoms with E-state index < -0.39 is 0 Å². The second-order valence-corrected chi connectivity index (χ2v) is 12.0. The van der Waals surface area contributed by atoms with E-state index in [9.17, 15) is 9.59 Å². The molecule has 0 spiro atoms. The van der Waals surface area contributed by atoms with Gasteiger partial charge in [-0.2, -0.15) is 5.10 Å². The van der Waals surface area contributed by atoms with Crippen LogP contribution in [0.1, 0.15) is 62.2 Å². The molecule has 10 nitrogen and oxygen atoms in total. The number of hydrogen-bond donors (Lipinski definition) is 1. The Labute approximate surface area is 253 Å². The number of anilines is 1. The summed E-state index contributed by atoms with van der Waals surface area (Å²) >= 11 is 6.41. The van der Waals surface area contributed by atoms with Gasteiger partial charge in [0, 0.05) is 41.1 Å². The standard InChI is InChI=1S/C32H31ClN8O2/c1-19-5-3-8-28(21-6-4-7-22(13-21)31-26(36-32(19)43)16-35-39(31)2)40-18-34-25(15-30(40)42)24-14-23(33)11-12-29(24)41-17-27(37-38-41)20-9-10-20/h4,6-7,11-20,28H,3,5,8-10H2,1-2H3,(H,36,43)/t19-,28+/m1/s1. The maximum atomic E-state index is 13.8. The van der Waals surface area contributed by atoms with Crippen LogP contribution < -0.4 is 10.9 Å². The zero-order valence-electron chi connectivity index (χ0n) is 23.9. The summed E-state index contributed by atoms with van der Waals surface area (Å²) in [4.78, 5) is 31.6. The molecular formula is C32H31ClN8O2. The highest BCUT2D eigenvalue weighted by atomic mass is 35.5. The van der Waals surface area contributed by atoms with Crippen molar-refractivity contribution in [3.8, 4) is 28.2 Å². The Morgan fingerprint density at radius 2 is 1.88 bits per heavy atom. The Balaban J connectivity index is 1.29. The molecular weight excluding hydrogens is 564 g/mol. The molecule has 3 aromatic heterocycles. The third-order valence-electron chi connectivity index (χ3n) is 8.46. The first-order chi connectivity index (χ1) is 20.9. The number of halogens is 1. The number of rotatable bonds is 4. The van der Waals surface area contributed by atoms with Crippen LogP contribution in [0.25, 0.3) is 28.2 Å². The number of nitrogens with one attached hydrogen (secondary N) is 1. The van der Waals surface area contributed by atoms with Gasteiger partial charge < -0.3 is 5.32 Å². The number of aromatic nitrogens is 7. The Morgan fingerprint density at radius 3 is 2.70 bits per heavy atom. The molecule has 1 aliphatic carbocycles. The van der Waals surface area contributed by atoms with Crippen molar-refractivity contribution in [2.45, 2.75) is 51.0 Å². The summed E-state index contributed by atoms with van der Waals surface area (Å²) in [6, 6.07) is 14.8. The van der Waals surface area contributed by atoms with E-state index in [2.05, 4.69) is 26.8 Å². The quantitative estimate of drug-likeness (QED) is 0.283. The van der Waals surface area contributed by atoms with E-state index in [1.54, 1.807) is 44.7 Å². The van der Waals surface area contributed by atoms with E-state index >= 15 is 0 Å². The van der Waals surface area contributed by atoms with Crippen LogP contribution >= 0.6 is 11.6 Å². The molecule has 1 saturated carbocycles. The number of hydrogen-bond acceptors (Lipinski definition) is 6. The molecule has 0 saturated heterocycles. The van der Waals surface area contributed by atoms with E-state index in [0.717, 1.165) is 47.5 Å². The average molecular weight is 595 g/mol. The first kappa shape index (κ1) is 27.3.